The Kier molecular flexibility index (Phi) is 5.91. The molecule has 170 valence electrons. The summed E-state index contributed by atoms with van der Waals surface area (Å²) >= 11 is 1.08. The molecule has 1 saturated heterocycles. The zero-order chi connectivity index (χ0) is 23.3. The van der Waals surface area contributed by atoms with Gasteiger partial charge in [-0.1, -0.05) is 57.7 Å². The van der Waals surface area contributed by atoms with Crippen LogP contribution in [0.4, 0.5) is 4.79 Å². The summed E-state index contributed by atoms with van der Waals surface area (Å²) in [6, 6.07) is 10.8. The van der Waals surface area contributed by atoms with Crippen molar-refractivity contribution in [3.63, 3.8) is 0 Å². The molecular formula is C27H33NO3S. The molecule has 0 bridgehead atoms. The van der Waals surface area contributed by atoms with Crippen LogP contribution in [-0.4, -0.2) is 23.0 Å². The monoisotopic (exact) mass is 451 g/mol. The Morgan fingerprint density at radius 2 is 1.72 bits per heavy atom. The highest BCUT2D eigenvalue weighted by atomic mass is 32.2. The van der Waals surface area contributed by atoms with Gasteiger partial charge >= 0.3 is 0 Å². The van der Waals surface area contributed by atoms with Crippen molar-refractivity contribution in [3.8, 4) is 16.9 Å². The van der Waals surface area contributed by atoms with Crippen LogP contribution >= 0.6 is 11.8 Å². The van der Waals surface area contributed by atoms with E-state index in [1.807, 2.05) is 19.1 Å². The minimum Gasteiger partial charge on any atom is -0.493 e. The second-order valence-corrected chi connectivity index (χ2v) is 11.5. The highest BCUT2D eigenvalue weighted by Crippen LogP contribution is 2.49. The van der Waals surface area contributed by atoms with Crippen molar-refractivity contribution in [3.05, 3.63) is 52.6 Å². The molecule has 2 aliphatic rings. The Bertz CT molecular complexity index is 1090. The van der Waals surface area contributed by atoms with E-state index < -0.39 is 5.25 Å². The normalized spacial score (nSPS) is 21.2. The van der Waals surface area contributed by atoms with E-state index >= 15 is 0 Å². The van der Waals surface area contributed by atoms with Crippen LogP contribution in [0, 0.1) is 6.92 Å². The Balaban J connectivity index is 1.89. The van der Waals surface area contributed by atoms with Crippen LogP contribution in [0.25, 0.3) is 11.1 Å². The van der Waals surface area contributed by atoms with Crippen LogP contribution in [0.15, 0.2) is 30.3 Å². The van der Waals surface area contributed by atoms with Crippen molar-refractivity contribution in [2.45, 2.75) is 76.9 Å². The molecule has 1 fully saturated rings. The van der Waals surface area contributed by atoms with Gasteiger partial charge in [0.2, 0.25) is 5.91 Å². The topological polar surface area (TPSA) is 55.4 Å². The largest absolute Gasteiger partial charge is 0.493 e. The molecule has 1 unspecified atom stereocenters. The van der Waals surface area contributed by atoms with Gasteiger partial charge in [0.1, 0.15) is 5.75 Å². The summed E-state index contributed by atoms with van der Waals surface area (Å²) in [6.07, 6.45) is 2.81. The number of amides is 2. The van der Waals surface area contributed by atoms with Crippen LogP contribution in [0.5, 0.6) is 5.75 Å². The Labute approximate surface area is 195 Å². The fourth-order valence-electron chi connectivity index (χ4n) is 5.05. The van der Waals surface area contributed by atoms with Crippen molar-refractivity contribution >= 4 is 22.9 Å². The van der Waals surface area contributed by atoms with Crippen LogP contribution < -0.4 is 10.1 Å². The first-order chi connectivity index (χ1) is 15.0. The number of rotatable bonds is 5. The number of thioether (sulfide) groups is 1. The minimum absolute atomic E-state index is 0.0988. The Morgan fingerprint density at radius 1 is 1.06 bits per heavy atom. The fourth-order valence-corrected chi connectivity index (χ4v) is 5.89. The number of nitrogens with one attached hydrogen (secondary N) is 1. The van der Waals surface area contributed by atoms with Crippen molar-refractivity contribution in [1.29, 1.82) is 0 Å². The number of ether oxygens (including phenoxy) is 1. The smallest absolute Gasteiger partial charge is 0.286 e. The van der Waals surface area contributed by atoms with Crippen LogP contribution in [0.1, 0.15) is 69.7 Å². The quantitative estimate of drug-likeness (QED) is 0.579. The molecule has 1 atom stereocenters. The molecule has 2 amide bonds. The van der Waals surface area contributed by atoms with E-state index in [2.05, 4.69) is 58.1 Å². The number of benzene rings is 2. The molecule has 0 radical (unpaired) electrons. The fraction of sp³-hybridized carbons (Fsp3) is 0.481. The van der Waals surface area contributed by atoms with Gasteiger partial charge in [-0.2, -0.15) is 0 Å². The van der Waals surface area contributed by atoms with Gasteiger partial charge in [-0.15, -0.1) is 0 Å². The number of fused-ring (bicyclic) bond motifs is 1. The maximum absolute atomic E-state index is 12.3. The summed E-state index contributed by atoms with van der Waals surface area (Å²) < 4.78 is 6.06. The SMILES string of the molecule is CCOc1cccc(CC2SC(=O)NC2=O)c1-c1cc2c(cc1C)C(C)(C)CCC2(C)C. The molecule has 1 aliphatic carbocycles. The van der Waals surface area contributed by atoms with E-state index in [4.69, 9.17) is 4.74 Å². The zero-order valence-electron chi connectivity index (χ0n) is 19.9. The maximum atomic E-state index is 12.3. The molecule has 4 rings (SSSR count). The van der Waals surface area contributed by atoms with E-state index in [-0.39, 0.29) is 22.0 Å². The Hall–Kier alpha value is -2.27. The molecule has 32 heavy (non-hydrogen) atoms. The molecule has 2 aromatic carbocycles. The highest BCUT2D eigenvalue weighted by Gasteiger charge is 2.38. The number of hydrogen-bond acceptors (Lipinski definition) is 4. The number of hydrogen-bond donors (Lipinski definition) is 1. The van der Waals surface area contributed by atoms with Crippen molar-refractivity contribution in [2.24, 2.45) is 0 Å². The average Bonchev–Trinajstić information content (AvgIpc) is 3.03. The first-order valence-electron chi connectivity index (χ1n) is 11.5. The number of imide groups is 1. The molecule has 0 saturated carbocycles. The minimum atomic E-state index is -0.411. The zero-order valence-corrected chi connectivity index (χ0v) is 20.7. The van der Waals surface area contributed by atoms with Crippen LogP contribution in [0.3, 0.4) is 0 Å². The van der Waals surface area contributed by atoms with Gasteiger partial charge < -0.3 is 4.74 Å². The molecule has 2 aromatic rings. The summed E-state index contributed by atoms with van der Waals surface area (Å²) in [5.41, 5.74) is 7.52. The average molecular weight is 452 g/mol. The summed E-state index contributed by atoms with van der Waals surface area (Å²) in [5, 5.41) is 1.73. The van der Waals surface area contributed by atoms with Crippen molar-refractivity contribution in [1.82, 2.24) is 5.32 Å². The molecule has 0 aromatic heterocycles. The summed E-state index contributed by atoms with van der Waals surface area (Å²) in [5.74, 6) is 0.619. The predicted molar refractivity (Wildman–Crippen MR) is 132 cm³/mol. The van der Waals surface area contributed by atoms with Gasteiger partial charge in [0.25, 0.3) is 5.24 Å². The highest BCUT2D eigenvalue weighted by molar-refractivity contribution is 8.15. The van der Waals surface area contributed by atoms with Crippen molar-refractivity contribution in [2.75, 3.05) is 6.61 Å². The summed E-state index contributed by atoms with van der Waals surface area (Å²) in [6.45, 7) is 14.1. The number of aryl methyl sites for hydroxylation is 1. The van der Waals surface area contributed by atoms with Crippen LogP contribution in [0.2, 0.25) is 0 Å². The standard InChI is InChI=1S/C27H33NO3S/c1-7-31-21-10-8-9-17(14-22-24(29)28-25(30)32-22)23(21)18-15-20-19(13-16(18)2)26(3,4)11-12-27(20,5)6/h8-10,13,15,22H,7,11-12,14H2,1-6H3,(H,28,29,30). The molecule has 5 heteroatoms. The lowest BCUT2D eigenvalue weighted by Gasteiger charge is -2.42. The first-order valence-corrected chi connectivity index (χ1v) is 12.3. The third kappa shape index (κ3) is 4.07. The third-order valence-electron chi connectivity index (χ3n) is 7.05. The third-order valence-corrected chi connectivity index (χ3v) is 8.03. The molecular weight excluding hydrogens is 418 g/mol. The summed E-state index contributed by atoms with van der Waals surface area (Å²) in [7, 11) is 0. The number of carbonyl (C=O) groups is 2. The van der Waals surface area contributed by atoms with E-state index in [0.29, 0.717) is 13.0 Å². The first kappa shape index (κ1) is 22.9. The van der Waals surface area contributed by atoms with Gasteiger partial charge in [0.15, 0.2) is 0 Å². The van der Waals surface area contributed by atoms with Gasteiger partial charge in [-0.05, 0) is 83.9 Å². The molecule has 1 N–H and O–H groups in total. The van der Waals surface area contributed by atoms with Gasteiger partial charge in [0.05, 0.1) is 11.9 Å². The second kappa shape index (κ2) is 8.26. The lowest BCUT2D eigenvalue weighted by Crippen LogP contribution is -2.34. The summed E-state index contributed by atoms with van der Waals surface area (Å²) in [4.78, 5) is 24.0. The van der Waals surface area contributed by atoms with E-state index in [9.17, 15) is 9.59 Å². The van der Waals surface area contributed by atoms with Gasteiger partial charge in [-0.25, -0.2) is 0 Å². The molecule has 4 nitrogen and oxygen atoms in total. The molecule has 1 heterocycles. The van der Waals surface area contributed by atoms with E-state index in [0.717, 1.165) is 40.6 Å². The van der Waals surface area contributed by atoms with Crippen LogP contribution in [-0.2, 0) is 22.0 Å². The lowest BCUT2D eigenvalue weighted by atomic mass is 9.62. The van der Waals surface area contributed by atoms with Gasteiger partial charge in [0, 0.05) is 5.56 Å². The second-order valence-electron chi connectivity index (χ2n) is 10.3. The maximum Gasteiger partial charge on any atom is 0.286 e. The molecule has 1 aliphatic heterocycles. The predicted octanol–water partition coefficient (Wildman–Crippen LogP) is 6.30. The lowest BCUT2D eigenvalue weighted by molar-refractivity contribution is -0.118. The van der Waals surface area contributed by atoms with Gasteiger partial charge in [-0.3, -0.25) is 14.9 Å². The van der Waals surface area contributed by atoms with E-state index in [1.165, 1.54) is 23.1 Å². The number of carbonyl (C=O) groups excluding carboxylic acids is 2. The molecule has 0 spiro atoms. The van der Waals surface area contributed by atoms with Crippen molar-refractivity contribution < 1.29 is 14.3 Å². The van der Waals surface area contributed by atoms with E-state index in [1.54, 1.807) is 0 Å². The Morgan fingerprint density at radius 3 is 2.31 bits per heavy atom.